The first kappa shape index (κ1) is 16.9. The molecule has 132 valence electrons. The van der Waals surface area contributed by atoms with Crippen molar-refractivity contribution in [3.8, 4) is 0 Å². The molecule has 1 aliphatic heterocycles. The molecule has 0 spiro atoms. The zero-order chi connectivity index (χ0) is 18.4. The highest BCUT2D eigenvalue weighted by molar-refractivity contribution is 7.92. The van der Waals surface area contributed by atoms with E-state index >= 15 is 0 Å². The molecule has 1 aromatic carbocycles. The van der Waals surface area contributed by atoms with Gasteiger partial charge in [0.1, 0.15) is 6.20 Å². The molecule has 3 rings (SSSR count). The zero-order valence-electron chi connectivity index (χ0n) is 13.5. The molecule has 0 saturated heterocycles. The molecule has 0 bridgehead atoms. The van der Waals surface area contributed by atoms with Crippen LogP contribution in [0.25, 0.3) is 0 Å². The first-order chi connectivity index (χ1) is 11.7. The van der Waals surface area contributed by atoms with Crippen molar-refractivity contribution in [1.82, 2.24) is 9.78 Å². The van der Waals surface area contributed by atoms with Crippen LogP contribution < -0.4 is 9.62 Å². The number of aryl methyl sites for hydroxylation is 1. The Kier molecular flexibility index (Phi) is 3.95. The van der Waals surface area contributed by atoms with Crippen molar-refractivity contribution in [3.05, 3.63) is 45.8 Å². The fourth-order valence-corrected chi connectivity index (χ4v) is 3.77. The third-order valence-corrected chi connectivity index (χ3v) is 5.10. The average molecular weight is 365 g/mol. The fraction of sp³-hybridized carbons (Fsp3) is 0.286. The minimum atomic E-state index is -3.35. The standard InChI is InChI=1S/C14H15N5O5S/c1-17-13(12(8-15-17)19(21)22)14(20)16-10-3-4-11-9(7-10)5-6-18(11)25(2,23)24/h3-4,7-8H,5-6H2,1-2H3,(H,16,20). The van der Waals surface area contributed by atoms with Gasteiger partial charge in [0.2, 0.25) is 15.7 Å². The molecule has 2 heterocycles. The fourth-order valence-electron chi connectivity index (χ4n) is 2.81. The smallest absolute Gasteiger partial charge is 0.320 e. The van der Waals surface area contributed by atoms with Gasteiger partial charge in [0, 0.05) is 19.3 Å². The lowest BCUT2D eigenvalue weighted by Gasteiger charge is -2.16. The van der Waals surface area contributed by atoms with Gasteiger partial charge in [-0.1, -0.05) is 0 Å². The minimum Gasteiger partial charge on any atom is -0.320 e. The lowest BCUT2D eigenvalue weighted by atomic mass is 10.1. The van der Waals surface area contributed by atoms with Gasteiger partial charge < -0.3 is 5.32 Å². The second kappa shape index (κ2) is 5.84. The van der Waals surface area contributed by atoms with Crippen LogP contribution in [0.5, 0.6) is 0 Å². The largest absolute Gasteiger partial charge is 0.320 e. The van der Waals surface area contributed by atoms with Crippen LogP contribution in [0.1, 0.15) is 16.1 Å². The number of sulfonamides is 1. The van der Waals surface area contributed by atoms with E-state index in [9.17, 15) is 23.3 Å². The lowest BCUT2D eigenvalue weighted by Crippen LogP contribution is -2.27. The molecular formula is C14H15N5O5S. The Morgan fingerprint density at radius 3 is 2.76 bits per heavy atom. The number of benzene rings is 1. The second-order valence-corrected chi connectivity index (χ2v) is 7.55. The number of anilines is 2. The van der Waals surface area contributed by atoms with Gasteiger partial charge in [-0.25, -0.2) is 8.42 Å². The Balaban J connectivity index is 1.87. The number of nitrogens with zero attached hydrogens (tertiary/aromatic N) is 4. The SMILES string of the molecule is Cn1ncc([N+](=O)[O-])c1C(=O)Nc1ccc2c(c1)CCN2S(C)(=O)=O. The molecule has 0 atom stereocenters. The molecule has 1 N–H and O–H groups in total. The summed E-state index contributed by atoms with van der Waals surface area (Å²) in [7, 11) is -1.91. The zero-order valence-corrected chi connectivity index (χ0v) is 14.3. The highest BCUT2D eigenvalue weighted by atomic mass is 32.2. The van der Waals surface area contributed by atoms with E-state index in [-0.39, 0.29) is 11.4 Å². The number of aromatic nitrogens is 2. The molecule has 0 saturated carbocycles. The monoisotopic (exact) mass is 365 g/mol. The molecular weight excluding hydrogens is 350 g/mol. The van der Waals surface area contributed by atoms with Gasteiger partial charge in [0.25, 0.3) is 5.91 Å². The summed E-state index contributed by atoms with van der Waals surface area (Å²) in [5, 5.41) is 17.3. The highest BCUT2D eigenvalue weighted by Gasteiger charge is 2.28. The van der Waals surface area contributed by atoms with Crippen LogP contribution in [0.2, 0.25) is 0 Å². The van der Waals surface area contributed by atoms with Crippen LogP contribution in [0.15, 0.2) is 24.4 Å². The number of nitrogens with one attached hydrogen (secondary N) is 1. The first-order valence-corrected chi connectivity index (χ1v) is 9.11. The molecule has 0 radical (unpaired) electrons. The maximum Gasteiger partial charge on any atom is 0.320 e. The first-order valence-electron chi connectivity index (χ1n) is 7.27. The van der Waals surface area contributed by atoms with Gasteiger partial charge in [-0.15, -0.1) is 0 Å². The summed E-state index contributed by atoms with van der Waals surface area (Å²) in [5.41, 5.74) is 1.23. The predicted molar refractivity (Wildman–Crippen MR) is 90.2 cm³/mol. The normalized spacial score (nSPS) is 13.6. The molecule has 11 heteroatoms. The number of carbonyl (C=O) groups is 1. The third kappa shape index (κ3) is 3.05. The van der Waals surface area contributed by atoms with Crippen LogP contribution in [-0.2, 0) is 23.5 Å². The quantitative estimate of drug-likeness (QED) is 0.633. The maximum atomic E-state index is 12.4. The van der Waals surface area contributed by atoms with E-state index in [1.54, 1.807) is 18.2 Å². The van der Waals surface area contributed by atoms with E-state index in [1.165, 1.54) is 11.4 Å². The van der Waals surface area contributed by atoms with E-state index in [4.69, 9.17) is 0 Å². The summed E-state index contributed by atoms with van der Waals surface area (Å²) < 4.78 is 25.9. The summed E-state index contributed by atoms with van der Waals surface area (Å²) in [4.78, 5) is 22.7. The number of nitro groups is 1. The molecule has 1 amide bonds. The van der Waals surface area contributed by atoms with Crippen molar-refractivity contribution in [3.63, 3.8) is 0 Å². The van der Waals surface area contributed by atoms with Crippen molar-refractivity contribution >= 4 is 33.0 Å². The minimum absolute atomic E-state index is 0.164. The second-order valence-electron chi connectivity index (χ2n) is 5.64. The highest BCUT2D eigenvalue weighted by Crippen LogP contribution is 2.32. The number of hydrogen-bond acceptors (Lipinski definition) is 6. The number of amides is 1. The molecule has 1 aromatic heterocycles. The topological polar surface area (TPSA) is 127 Å². The Morgan fingerprint density at radius 1 is 1.40 bits per heavy atom. The van der Waals surface area contributed by atoms with Crippen molar-refractivity contribution in [2.75, 3.05) is 22.4 Å². The van der Waals surface area contributed by atoms with E-state index in [1.807, 2.05) is 0 Å². The molecule has 2 aromatic rings. The van der Waals surface area contributed by atoms with Gasteiger partial charge in [0.05, 0.1) is 16.9 Å². The van der Waals surface area contributed by atoms with Gasteiger partial charge in [-0.2, -0.15) is 5.10 Å². The van der Waals surface area contributed by atoms with Crippen LogP contribution in [0.4, 0.5) is 17.1 Å². The van der Waals surface area contributed by atoms with Gasteiger partial charge in [-0.3, -0.25) is 23.9 Å². The van der Waals surface area contributed by atoms with E-state index in [0.29, 0.717) is 24.3 Å². The van der Waals surface area contributed by atoms with E-state index in [0.717, 1.165) is 22.7 Å². The van der Waals surface area contributed by atoms with Crippen LogP contribution in [-0.4, -0.2) is 41.8 Å². The molecule has 25 heavy (non-hydrogen) atoms. The van der Waals surface area contributed by atoms with Gasteiger partial charge in [-0.05, 0) is 30.2 Å². The van der Waals surface area contributed by atoms with Crippen molar-refractivity contribution < 1.29 is 18.1 Å². The number of fused-ring (bicyclic) bond motifs is 1. The van der Waals surface area contributed by atoms with E-state index in [2.05, 4.69) is 10.4 Å². The summed E-state index contributed by atoms with van der Waals surface area (Å²) in [6, 6.07) is 4.83. The van der Waals surface area contributed by atoms with Crippen molar-refractivity contribution in [2.45, 2.75) is 6.42 Å². The summed E-state index contributed by atoms with van der Waals surface area (Å²) in [6.07, 6.45) is 2.68. The maximum absolute atomic E-state index is 12.4. The third-order valence-electron chi connectivity index (χ3n) is 3.92. The van der Waals surface area contributed by atoms with Gasteiger partial charge >= 0.3 is 5.69 Å². The summed E-state index contributed by atoms with van der Waals surface area (Å²) in [5.74, 6) is -0.662. The summed E-state index contributed by atoms with van der Waals surface area (Å²) >= 11 is 0. The average Bonchev–Trinajstić information content (AvgIpc) is 3.09. The Morgan fingerprint density at radius 2 is 2.12 bits per heavy atom. The Bertz CT molecular complexity index is 981. The molecule has 10 nitrogen and oxygen atoms in total. The molecule has 0 fully saturated rings. The summed E-state index contributed by atoms with van der Waals surface area (Å²) in [6.45, 7) is 0.346. The Hall–Kier alpha value is -2.95. The number of rotatable bonds is 4. The molecule has 0 unspecified atom stereocenters. The van der Waals surface area contributed by atoms with E-state index < -0.39 is 20.9 Å². The van der Waals surface area contributed by atoms with Crippen molar-refractivity contribution in [1.29, 1.82) is 0 Å². The van der Waals surface area contributed by atoms with Crippen molar-refractivity contribution in [2.24, 2.45) is 7.05 Å². The van der Waals surface area contributed by atoms with Crippen LogP contribution in [0.3, 0.4) is 0 Å². The number of carbonyl (C=O) groups excluding carboxylic acids is 1. The lowest BCUT2D eigenvalue weighted by molar-refractivity contribution is -0.385. The number of hydrogen-bond donors (Lipinski definition) is 1. The van der Waals surface area contributed by atoms with Gasteiger partial charge in [0.15, 0.2) is 0 Å². The Labute approximate surface area is 143 Å². The molecule has 1 aliphatic rings. The predicted octanol–water partition coefficient (Wildman–Crippen LogP) is 0.903. The molecule has 0 aliphatic carbocycles. The van der Waals surface area contributed by atoms with Crippen LogP contribution in [0, 0.1) is 10.1 Å². The van der Waals surface area contributed by atoms with Crippen LogP contribution >= 0.6 is 0 Å².